The van der Waals surface area contributed by atoms with E-state index in [9.17, 15) is 0 Å². The number of rotatable bonds is 1. The normalized spacial score (nSPS) is 4.80. The smallest absolute Gasteiger partial charge is 0.414 e. The van der Waals surface area contributed by atoms with Gasteiger partial charge in [0.25, 0.3) is 0 Å². The molecule has 0 aliphatic heterocycles. The fourth-order valence-corrected chi connectivity index (χ4v) is 0.0295. The molecule has 0 aromatic carbocycles. The van der Waals surface area contributed by atoms with E-state index in [0.717, 1.165) is 6.15 Å². The Hall–Kier alpha value is -0.880. The first kappa shape index (κ1) is 4.12. The minimum absolute atomic E-state index is 1.09. The van der Waals surface area contributed by atoms with Crippen LogP contribution in [-0.2, 0) is 9.22 Å². The van der Waals surface area contributed by atoms with E-state index in [1.165, 1.54) is 0 Å². The molecule has 0 saturated carbocycles. The molecule has 2 heteroatoms. The molecule has 0 fully saturated rings. The lowest BCUT2D eigenvalue weighted by atomic mass is 11.2. The number of hydrogen-bond acceptors (Lipinski definition) is 1. The topological polar surface area (TPSA) is 28.4 Å². The lowest BCUT2D eigenvalue weighted by Crippen LogP contribution is -1.51. The molecule has 0 spiro atoms. The molecule has 0 bridgehead atoms. The summed E-state index contributed by atoms with van der Waals surface area (Å²) in [5.74, 6) is 0. The van der Waals surface area contributed by atoms with Crippen molar-refractivity contribution in [2.24, 2.45) is 0 Å². The van der Waals surface area contributed by atoms with Crippen LogP contribution in [0.5, 0.6) is 0 Å². The molecule has 5 heavy (non-hydrogen) atoms. The summed E-state index contributed by atoms with van der Waals surface area (Å²) in [5.41, 5.74) is 0. The average molecular weight is 70.0 g/mol. The second kappa shape index (κ2) is 3.12. The van der Waals surface area contributed by atoms with Gasteiger partial charge in [0.2, 0.25) is 0 Å². The lowest BCUT2D eigenvalue weighted by Gasteiger charge is -1.53. The summed E-state index contributed by atoms with van der Waals surface area (Å²) in [6.07, 6.45) is 2.94. The first-order valence-corrected chi connectivity index (χ1v) is 0.966. The molecule has 0 unspecified atom stereocenters. The molecule has 0 rings (SSSR count). The van der Waals surface area contributed by atoms with Crippen LogP contribution < -0.4 is 0 Å². The second-order valence-electron chi connectivity index (χ2n) is 0.330. The minimum Gasteiger partial charge on any atom is -0.428 e. The highest BCUT2D eigenvalue weighted by molar-refractivity contribution is 5.21. The Morgan fingerprint density at radius 2 is 2.60 bits per heavy atom. The van der Waals surface area contributed by atoms with Gasteiger partial charge < -0.3 is 4.42 Å². The molecular weight excluding hydrogens is 68.0 g/mol. The third kappa shape index (κ3) is 3.12. The summed E-state index contributed by atoms with van der Waals surface area (Å²) in [7, 11) is 0. The van der Waals surface area contributed by atoms with Crippen LogP contribution in [-0.4, -0.2) is 6.15 Å². The molecule has 26 valence electrons. The van der Waals surface area contributed by atoms with E-state index >= 15 is 0 Å². The molecule has 2 nitrogen and oxygen atoms in total. The number of carbonyl (C=O) groups excluding carboxylic acids is 2. The Morgan fingerprint density at radius 3 is 2.60 bits per heavy atom. The molecule has 0 aromatic rings. The fraction of sp³-hybridized carbons (Fsp3) is 0. The van der Waals surface area contributed by atoms with Crippen molar-refractivity contribution in [2.75, 3.05) is 0 Å². The summed E-state index contributed by atoms with van der Waals surface area (Å²) in [6, 6.07) is 0. The Bertz CT molecular complexity index is 69.0. The van der Waals surface area contributed by atoms with Crippen LogP contribution in [0.3, 0.4) is 0 Å². The molecule has 0 heterocycles. The zero-order valence-corrected chi connectivity index (χ0v) is 2.52. The van der Waals surface area contributed by atoms with E-state index in [1.807, 2.05) is 6.26 Å². The van der Waals surface area contributed by atoms with Crippen LogP contribution in [0.15, 0.2) is 6.58 Å². The van der Waals surface area contributed by atoms with Gasteiger partial charge in [-0.05, 0) is 4.79 Å². The van der Waals surface area contributed by atoms with Crippen LogP contribution in [0, 0.1) is 6.26 Å². The minimum atomic E-state index is 1.09. The van der Waals surface area contributed by atoms with Gasteiger partial charge in [-0.15, -0.1) is 6.58 Å². The summed E-state index contributed by atoms with van der Waals surface area (Å²) in [4.78, 5) is 8.96. The fourth-order valence-electron chi connectivity index (χ4n) is 0.0295. The molecule has 0 N–H and O–H groups in total. The van der Waals surface area contributed by atoms with Gasteiger partial charge in [0, 0.05) is 0 Å². The number of hydrogen-bond donors (Lipinski definition) is 0. The largest absolute Gasteiger partial charge is 0.428 e. The van der Waals surface area contributed by atoms with E-state index in [0.29, 0.717) is 0 Å². The Kier molecular flexibility index (Phi) is 2.57. The van der Waals surface area contributed by atoms with Crippen LogP contribution in [0.4, 0.5) is 0 Å². The van der Waals surface area contributed by atoms with Crippen LogP contribution in [0.2, 0.25) is 0 Å². The van der Waals surface area contributed by atoms with Gasteiger partial charge in [0.05, 0.1) is 6.26 Å². The predicted octanol–water partition coefficient (Wildman–Crippen LogP) is -0.101. The van der Waals surface area contributed by atoms with E-state index in [-0.39, 0.29) is 0 Å². The highest BCUT2D eigenvalue weighted by Gasteiger charge is 1.39. The highest BCUT2D eigenvalue weighted by atomic mass is 16.4. The van der Waals surface area contributed by atoms with Gasteiger partial charge in [-0.1, -0.05) is 0 Å². The van der Waals surface area contributed by atoms with Gasteiger partial charge in [-0.3, -0.25) is 0 Å². The van der Waals surface area contributed by atoms with Crippen molar-refractivity contribution >= 4 is 6.15 Å². The lowest BCUT2D eigenvalue weighted by molar-refractivity contribution is -0.403. The summed E-state index contributed by atoms with van der Waals surface area (Å²) in [5, 5.41) is 0. The molecule has 0 atom stereocenters. The van der Waals surface area contributed by atoms with Gasteiger partial charge in [-0.2, -0.15) is 0 Å². The first-order chi connectivity index (χ1) is 2.41. The average Bonchev–Trinajstić information content (AvgIpc) is 1.41. The van der Waals surface area contributed by atoms with E-state index < -0.39 is 0 Å². The molecule has 0 amide bonds. The van der Waals surface area contributed by atoms with Gasteiger partial charge >= 0.3 is 6.15 Å². The molecule has 0 aliphatic carbocycles. The zero-order chi connectivity index (χ0) is 4.12. The van der Waals surface area contributed by atoms with Crippen LogP contribution in [0.1, 0.15) is 0 Å². The van der Waals surface area contributed by atoms with Crippen molar-refractivity contribution in [3.05, 3.63) is 12.8 Å². The molecule has 0 saturated heterocycles. The Morgan fingerprint density at radius 1 is 2.00 bits per heavy atom. The van der Waals surface area contributed by atoms with Crippen molar-refractivity contribution < 1.29 is 9.22 Å². The Balaban J connectivity index is 3.31. The van der Waals surface area contributed by atoms with Crippen LogP contribution >= 0.6 is 0 Å². The maximum Gasteiger partial charge on any atom is 0.414 e. The van der Waals surface area contributed by atoms with Gasteiger partial charge in [0.1, 0.15) is 0 Å². The zero-order valence-electron chi connectivity index (χ0n) is 2.52. The van der Waals surface area contributed by atoms with Gasteiger partial charge in [-0.25, -0.2) is 0 Å². The molecular formula is C3H2O2. The SMILES string of the molecule is C=[C-][O+]=C=O. The van der Waals surface area contributed by atoms with E-state index in [1.54, 1.807) is 0 Å². The maximum absolute atomic E-state index is 8.96. The summed E-state index contributed by atoms with van der Waals surface area (Å²) in [6.45, 7) is 2.94. The van der Waals surface area contributed by atoms with Crippen LogP contribution in [0.25, 0.3) is 0 Å². The van der Waals surface area contributed by atoms with Crippen molar-refractivity contribution in [3.8, 4) is 0 Å². The summed E-state index contributed by atoms with van der Waals surface area (Å²) < 4.78 is 3.67. The van der Waals surface area contributed by atoms with Crippen molar-refractivity contribution in [1.29, 1.82) is 0 Å². The summed E-state index contributed by atoms with van der Waals surface area (Å²) >= 11 is 0. The quantitative estimate of drug-likeness (QED) is 0.240. The first-order valence-electron chi connectivity index (χ1n) is 0.966. The standard InChI is InChI=1S/C3H2O2/c1-2-5-3-4/h1H2. The second-order valence-corrected chi connectivity index (χ2v) is 0.330. The third-order valence-electron chi connectivity index (χ3n) is 0.114. The van der Waals surface area contributed by atoms with Crippen molar-refractivity contribution in [3.63, 3.8) is 0 Å². The van der Waals surface area contributed by atoms with E-state index in [4.69, 9.17) is 4.79 Å². The highest BCUT2D eigenvalue weighted by Crippen LogP contribution is 1.37. The van der Waals surface area contributed by atoms with Crippen molar-refractivity contribution in [2.45, 2.75) is 0 Å². The van der Waals surface area contributed by atoms with Crippen molar-refractivity contribution in [1.82, 2.24) is 0 Å². The maximum atomic E-state index is 8.96. The third-order valence-corrected chi connectivity index (χ3v) is 0.114. The monoisotopic (exact) mass is 70.0 g/mol. The molecule has 0 aromatic heterocycles. The Labute approximate surface area is 29.4 Å². The van der Waals surface area contributed by atoms with E-state index in [2.05, 4.69) is 11.0 Å². The van der Waals surface area contributed by atoms with Gasteiger partial charge in [0.15, 0.2) is 0 Å². The predicted molar refractivity (Wildman–Crippen MR) is 13.9 cm³/mol. The molecule has 0 aliphatic rings. The molecule has 0 radical (unpaired) electrons.